The average molecular weight is 653 g/mol. The van der Waals surface area contributed by atoms with Crippen LogP contribution in [0.15, 0.2) is 18.1 Å². The lowest BCUT2D eigenvalue weighted by Gasteiger charge is -2.33. The summed E-state index contributed by atoms with van der Waals surface area (Å²) in [6.07, 6.45) is 5.90. The van der Waals surface area contributed by atoms with Crippen molar-refractivity contribution < 1.29 is 36.2 Å². The normalized spacial score (nSPS) is 19.0. The van der Waals surface area contributed by atoms with Gasteiger partial charge in [0.15, 0.2) is 0 Å². The number of hydrogen-bond acceptors (Lipinski definition) is 12. The van der Waals surface area contributed by atoms with E-state index in [4.69, 9.17) is 54.3 Å². The highest BCUT2D eigenvalue weighted by atomic mass is 31.3. The van der Waals surface area contributed by atoms with Gasteiger partial charge >= 0.3 is 30.6 Å². The second kappa shape index (κ2) is 21.3. The van der Waals surface area contributed by atoms with Crippen molar-refractivity contribution in [2.45, 2.75) is 107 Å². The second-order valence-electron chi connectivity index (χ2n) is 8.99. The molecule has 0 aromatic carbocycles. The summed E-state index contributed by atoms with van der Waals surface area (Å²) in [5.41, 5.74) is 0. The molecule has 0 saturated carbocycles. The van der Waals surface area contributed by atoms with Gasteiger partial charge in [0.1, 0.15) is 0 Å². The molecule has 40 heavy (non-hydrogen) atoms. The SMILES string of the molecule is CCCOP1(OCCC)=NP(OCCC)(OCCC)=NP(OCCC)(OCCC)=NP(OCCC)(OCCC)=N1. The van der Waals surface area contributed by atoms with E-state index < -0.39 is 30.6 Å². The molecule has 0 atom stereocenters. The van der Waals surface area contributed by atoms with Crippen molar-refractivity contribution in [3.63, 3.8) is 0 Å². The minimum Gasteiger partial charge on any atom is -0.306 e. The van der Waals surface area contributed by atoms with E-state index in [1.807, 2.05) is 55.4 Å². The number of rotatable bonds is 24. The molecule has 0 radical (unpaired) electrons. The van der Waals surface area contributed by atoms with E-state index in [9.17, 15) is 0 Å². The molecule has 0 aliphatic carbocycles. The second-order valence-corrected chi connectivity index (χ2v) is 17.8. The summed E-state index contributed by atoms with van der Waals surface area (Å²) in [5, 5.41) is 0. The lowest BCUT2D eigenvalue weighted by molar-refractivity contribution is 0.216. The van der Waals surface area contributed by atoms with Gasteiger partial charge in [0.05, 0.1) is 52.9 Å². The molecule has 1 aliphatic heterocycles. The van der Waals surface area contributed by atoms with Gasteiger partial charge in [-0.05, 0) is 51.4 Å². The zero-order valence-electron chi connectivity index (χ0n) is 26.2. The first-order valence-corrected chi connectivity index (χ1v) is 21.1. The van der Waals surface area contributed by atoms with E-state index in [0.717, 1.165) is 51.4 Å². The van der Waals surface area contributed by atoms with E-state index in [2.05, 4.69) is 0 Å². The molecule has 0 aromatic rings. The van der Waals surface area contributed by atoms with Crippen molar-refractivity contribution in [2.75, 3.05) is 52.9 Å². The summed E-state index contributed by atoms with van der Waals surface area (Å²) in [5.74, 6) is 0. The Morgan fingerprint density at radius 1 is 0.275 bits per heavy atom. The van der Waals surface area contributed by atoms with Crippen LogP contribution in [-0.2, 0) is 36.2 Å². The van der Waals surface area contributed by atoms with Crippen molar-refractivity contribution in [1.29, 1.82) is 0 Å². The van der Waals surface area contributed by atoms with Gasteiger partial charge < -0.3 is 36.2 Å². The van der Waals surface area contributed by atoms with Gasteiger partial charge in [-0.25, -0.2) is 0 Å². The Hall–Kier alpha value is 0.600. The van der Waals surface area contributed by atoms with Gasteiger partial charge in [0.25, 0.3) is 0 Å². The van der Waals surface area contributed by atoms with Gasteiger partial charge in [-0.2, -0.15) is 0 Å². The third-order valence-electron chi connectivity index (χ3n) is 4.61. The molecule has 0 unspecified atom stereocenters. The van der Waals surface area contributed by atoms with Crippen LogP contribution in [0.1, 0.15) is 107 Å². The summed E-state index contributed by atoms with van der Waals surface area (Å²) in [6, 6.07) is 0. The average Bonchev–Trinajstić information content (AvgIpc) is 2.96. The molecule has 0 aromatic heterocycles. The lowest BCUT2D eigenvalue weighted by Crippen LogP contribution is -2.06. The fourth-order valence-electron chi connectivity index (χ4n) is 2.89. The standard InChI is InChI=1S/C24H56N4O8P4/c1-9-17-29-37(30-18-10-2)25-38(31-19-11-3,32-20-12-4)27-40(35-23-15-7,36-24-16-8)28-39(26-37,33-21-13-5)34-22-14-6/h9-24H2,1-8H3. The zero-order valence-corrected chi connectivity index (χ0v) is 29.7. The van der Waals surface area contributed by atoms with E-state index >= 15 is 0 Å². The van der Waals surface area contributed by atoms with Crippen molar-refractivity contribution >= 4 is 30.6 Å². The molecule has 12 nitrogen and oxygen atoms in total. The topological polar surface area (TPSA) is 123 Å². The van der Waals surface area contributed by atoms with Crippen molar-refractivity contribution in [3.05, 3.63) is 0 Å². The molecule has 240 valence electrons. The highest BCUT2D eigenvalue weighted by molar-refractivity contribution is 7.78. The Labute approximate surface area is 244 Å². The van der Waals surface area contributed by atoms with Gasteiger partial charge in [0, 0.05) is 0 Å². The van der Waals surface area contributed by atoms with Crippen LogP contribution in [0.5, 0.6) is 0 Å². The van der Waals surface area contributed by atoms with Crippen LogP contribution in [0.4, 0.5) is 0 Å². The van der Waals surface area contributed by atoms with Gasteiger partial charge in [-0.15, -0.1) is 18.1 Å². The van der Waals surface area contributed by atoms with E-state index in [1.54, 1.807) is 0 Å². The van der Waals surface area contributed by atoms with E-state index in [-0.39, 0.29) is 0 Å². The number of hydrogen-bond donors (Lipinski definition) is 0. The first kappa shape index (κ1) is 38.6. The Kier molecular flexibility index (Phi) is 20.6. The van der Waals surface area contributed by atoms with E-state index in [1.165, 1.54) is 0 Å². The molecule has 0 amide bonds. The molecule has 0 spiro atoms. The van der Waals surface area contributed by atoms with Crippen LogP contribution < -0.4 is 0 Å². The fraction of sp³-hybridized carbons (Fsp3) is 1.00. The Morgan fingerprint density at radius 2 is 0.400 bits per heavy atom. The quantitative estimate of drug-likeness (QED) is 0.0944. The summed E-state index contributed by atoms with van der Waals surface area (Å²) < 4.78 is 71.9. The molecule has 0 N–H and O–H groups in total. The largest absolute Gasteiger partial charge is 0.349 e. The predicted molar refractivity (Wildman–Crippen MR) is 167 cm³/mol. The fourth-order valence-corrected chi connectivity index (χ4v) is 16.3. The summed E-state index contributed by atoms with van der Waals surface area (Å²) >= 11 is 0. The summed E-state index contributed by atoms with van der Waals surface area (Å²) in [6.45, 7) is 19.1. The smallest absolute Gasteiger partial charge is 0.306 e. The van der Waals surface area contributed by atoms with Gasteiger partial charge in [0.2, 0.25) is 0 Å². The molecule has 16 heteroatoms. The maximum absolute atomic E-state index is 6.42. The summed E-state index contributed by atoms with van der Waals surface area (Å²) in [4.78, 5) is 0. The molecule has 1 rings (SSSR count). The van der Waals surface area contributed by atoms with Crippen LogP contribution in [0.2, 0.25) is 0 Å². The monoisotopic (exact) mass is 652 g/mol. The molecule has 0 fully saturated rings. The first-order chi connectivity index (χ1) is 19.3. The lowest BCUT2D eigenvalue weighted by atomic mass is 10.5. The third kappa shape index (κ3) is 13.1. The third-order valence-corrected chi connectivity index (χ3v) is 16.0. The minimum atomic E-state index is -3.44. The molecule has 0 saturated heterocycles. The highest BCUT2D eigenvalue weighted by Gasteiger charge is 2.43. The molecule has 0 bridgehead atoms. The van der Waals surface area contributed by atoms with Crippen molar-refractivity contribution in [3.8, 4) is 0 Å². The maximum Gasteiger partial charge on any atom is 0.349 e. The maximum atomic E-state index is 6.42. The molecular weight excluding hydrogens is 596 g/mol. The van der Waals surface area contributed by atoms with Crippen LogP contribution in [0.3, 0.4) is 0 Å². The predicted octanol–water partition coefficient (Wildman–Crippen LogP) is 11.2. The zero-order chi connectivity index (χ0) is 29.8. The van der Waals surface area contributed by atoms with E-state index in [0.29, 0.717) is 52.9 Å². The van der Waals surface area contributed by atoms with Crippen LogP contribution >= 0.6 is 30.6 Å². The molecular formula is C24H56N4O8P4. The van der Waals surface area contributed by atoms with Crippen LogP contribution in [0.25, 0.3) is 0 Å². The molecule has 1 heterocycles. The minimum absolute atomic E-state index is 0.368. The Bertz CT molecular complexity index is 705. The highest BCUT2D eigenvalue weighted by Crippen LogP contribution is 2.81. The Morgan fingerprint density at radius 3 is 0.500 bits per heavy atom. The summed E-state index contributed by atoms with van der Waals surface area (Å²) in [7, 11) is -13.8. The first-order valence-electron chi connectivity index (χ1n) is 15.0. The Balaban J connectivity index is 4.36. The molecule has 1 aliphatic rings. The van der Waals surface area contributed by atoms with Crippen molar-refractivity contribution in [1.82, 2.24) is 0 Å². The van der Waals surface area contributed by atoms with Gasteiger partial charge in [-0.3, -0.25) is 0 Å². The van der Waals surface area contributed by atoms with Crippen molar-refractivity contribution in [2.24, 2.45) is 18.1 Å². The van der Waals surface area contributed by atoms with Crippen LogP contribution in [-0.4, -0.2) is 52.9 Å². The number of nitrogens with zero attached hydrogens (tertiary/aromatic N) is 4. The van der Waals surface area contributed by atoms with Gasteiger partial charge in [-0.1, -0.05) is 55.4 Å². The van der Waals surface area contributed by atoms with Crippen LogP contribution in [0, 0.1) is 0 Å².